The van der Waals surface area contributed by atoms with Gasteiger partial charge in [-0.25, -0.2) is 14.8 Å². The molecule has 0 saturated heterocycles. The maximum absolute atomic E-state index is 4.73. The number of benzene rings is 3. The summed E-state index contributed by atoms with van der Waals surface area (Å²) in [6.45, 7) is 0. The Morgan fingerprint density at radius 3 is 2.58 bits per heavy atom. The third-order valence-corrected chi connectivity index (χ3v) is 5.06. The zero-order chi connectivity index (χ0) is 20.6. The van der Waals surface area contributed by atoms with E-state index < -0.39 is 0 Å². The first-order valence-electron chi connectivity index (χ1n) is 9.65. The van der Waals surface area contributed by atoms with Gasteiger partial charge in [-0.15, -0.1) is 5.10 Å². The molecule has 0 aliphatic carbocycles. The van der Waals surface area contributed by atoms with Crippen LogP contribution in [0.5, 0.6) is 0 Å². The van der Waals surface area contributed by atoms with Gasteiger partial charge in [0.2, 0.25) is 5.95 Å². The van der Waals surface area contributed by atoms with Crippen LogP contribution in [0.3, 0.4) is 0 Å². The van der Waals surface area contributed by atoms with Crippen LogP contribution in [-0.4, -0.2) is 40.4 Å². The lowest BCUT2D eigenvalue weighted by Crippen LogP contribution is -2.02. The van der Waals surface area contributed by atoms with Gasteiger partial charge in [-0.2, -0.15) is 10.1 Å². The molecule has 3 aromatic heterocycles. The smallest absolute Gasteiger partial charge is 0.229 e. The summed E-state index contributed by atoms with van der Waals surface area (Å²) in [5.74, 6) is 1.10. The second kappa shape index (κ2) is 6.99. The number of aromatic amines is 1. The predicted octanol–water partition coefficient (Wildman–Crippen LogP) is 3.89. The van der Waals surface area contributed by atoms with E-state index in [-0.39, 0.29) is 0 Å². The molecule has 3 heterocycles. The van der Waals surface area contributed by atoms with E-state index in [1.807, 2.05) is 53.2 Å². The maximum Gasteiger partial charge on any atom is 0.229 e. The molecule has 9 heteroatoms. The number of H-pyrrole nitrogens is 1. The van der Waals surface area contributed by atoms with E-state index in [4.69, 9.17) is 4.98 Å². The Balaban J connectivity index is 1.37. The number of hydrogen-bond acceptors (Lipinski definition) is 7. The van der Waals surface area contributed by atoms with Crippen molar-refractivity contribution in [3.63, 3.8) is 0 Å². The standard InChI is InChI=1S/C22H15N9/c1-2-6-18-14(4-1)5-3-7-19(18)31-21-16(13-24-31)12-23-22(26-21)25-17-10-8-15(9-11-17)20-27-29-30-28-20/h1-13H,(H,23,25,26)(H,27,28,29,30). The van der Waals surface area contributed by atoms with Gasteiger partial charge in [0.15, 0.2) is 11.5 Å². The van der Waals surface area contributed by atoms with Crippen LogP contribution in [0.15, 0.2) is 79.1 Å². The van der Waals surface area contributed by atoms with Crippen LogP contribution in [0.2, 0.25) is 0 Å². The number of anilines is 2. The molecule has 6 aromatic rings. The summed E-state index contributed by atoms with van der Waals surface area (Å²) in [6, 6.07) is 22.1. The molecule has 0 aliphatic heterocycles. The number of aromatic nitrogens is 8. The fraction of sp³-hybridized carbons (Fsp3) is 0. The highest BCUT2D eigenvalue weighted by atomic mass is 15.5. The summed E-state index contributed by atoms with van der Waals surface area (Å²) in [6.07, 6.45) is 3.55. The highest BCUT2D eigenvalue weighted by molar-refractivity contribution is 5.91. The minimum Gasteiger partial charge on any atom is -0.324 e. The number of hydrogen-bond donors (Lipinski definition) is 2. The second-order valence-corrected chi connectivity index (χ2v) is 6.98. The third kappa shape index (κ3) is 3.04. The Hall–Kier alpha value is -4.66. The highest BCUT2D eigenvalue weighted by Gasteiger charge is 2.11. The number of rotatable bonds is 4. The minimum atomic E-state index is 0.489. The molecule has 0 aliphatic rings. The molecule has 6 rings (SSSR count). The van der Waals surface area contributed by atoms with Crippen molar-refractivity contribution in [2.45, 2.75) is 0 Å². The maximum atomic E-state index is 4.73. The van der Waals surface area contributed by atoms with Gasteiger partial charge in [0.05, 0.1) is 17.3 Å². The van der Waals surface area contributed by atoms with Crippen molar-refractivity contribution in [3.05, 3.63) is 79.1 Å². The summed E-state index contributed by atoms with van der Waals surface area (Å²) in [5.41, 5.74) is 3.45. The Morgan fingerprint density at radius 1 is 0.839 bits per heavy atom. The van der Waals surface area contributed by atoms with Gasteiger partial charge < -0.3 is 5.32 Å². The van der Waals surface area contributed by atoms with Crippen LogP contribution in [0.4, 0.5) is 11.6 Å². The Kier molecular flexibility index (Phi) is 3.88. The van der Waals surface area contributed by atoms with Gasteiger partial charge in [0, 0.05) is 22.8 Å². The Labute approximate surface area is 175 Å². The first kappa shape index (κ1) is 17.2. The average Bonchev–Trinajstić information content (AvgIpc) is 3.50. The Bertz CT molecular complexity index is 1500. The van der Waals surface area contributed by atoms with Gasteiger partial charge >= 0.3 is 0 Å². The molecule has 0 bridgehead atoms. The van der Waals surface area contributed by atoms with Crippen molar-refractivity contribution in [1.82, 2.24) is 40.4 Å². The molecular weight excluding hydrogens is 390 g/mol. The number of nitrogens with zero attached hydrogens (tertiary/aromatic N) is 7. The van der Waals surface area contributed by atoms with Crippen molar-refractivity contribution in [2.75, 3.05) is 5.32 Å². The van der Waals surface area contributed by atoms with Gasteiger partial charge in [-0.3, -0.25) is 0 Å². The molecule has 0 saturated carbocycles. The molecule has 0 radical (unpaired) electrons. The molecule has 0 amide bonds. The SMILES string of the molecule is c1ccc2c(-n3ncc4cnc(Nc5ccc(-c6nnn[nH]6)cc5)nc43)cccc2c1. The predicted molar refractivity (Wildman–Crippen MR) is 117 cm³/mol. The molecule has 0 spiro atoms. The molecule has 31 heavy (non-hydrogen) atoms. The molecule has 2 N–H and O–H groups in total. The first-order chi connectivity index (χ1) is 15.3. The van der Waals surface area contributed by atoms with E-state index in [1.165, 1.54) is 0 Å². The summed E-state index contributed by atoms with van der Waals surface area (Å²) in [4.78, 5) is 9.16. The first-order valence-corrected chi connectivity index (χ1v) is 9.65. The van der Waals surface area contributed by atoms with Crippen molar-refractivity contribution < 1.29 is 0 Å². The van der Waals surface area contributed by atoms with E-state index in [2.05, 4.69) is 54.2 Å². The molecule has 3 aromatic carbocycles. The van der Waals surface area contributed by atoms with E-state index >= 15 is 0 Å². The van der Waals surface area contributed by atoms with E-state index in [9.17, 15) is 0 Å². The van der Waals surface area contributed by atoms with E-state index in [0.717, 1.165) is 38.7 Å². The topological polar surface area (TPSA) is 110 Å². The van der Waals surface area contributed by atoms with Gasteiger partial charge in [0.1, 0.15) is 0 Å². The number of fused-ring (bicyclic) bond motifs is 2. The van der Waals surface area contributed by atoms with Gasteiger partial charge in [-0.1, -0.05) is 36.4 Å². The monoisotopic (exact) mass is 405 g/mol. The van der Waals surface area contributed by atoms with Gasteiger partial charge in [-0.05, 0) is 46.1 Å². The van der Waals surface area contributed by atoms with Crippen LogP contribution in [0.25, 0.3) is 38.9 Å². The lowest BCUT2D eigenvalue weighted by molar-refractivity contribution is 0.881. The fourth-order valence-electron chi connectivity index (χ4n) is 3.57. The van der Waals surface area contributed by atoms with Crippen LogP contribution in [0, 0.1) is 0 Å². The second-order valence-electron chi connectivity index (χ2n) is 6.98. The molecule has 0 atom stereocenters. The van der Waals surface area contributed by atoms with Crippen LogP contribution < -0.4 is 5.32 Å². The quantitative estimate of drug-likeness (QED) is 0.458. The largest absolute Gasteiger partial charge is 0.324 e. The summed E-state index contributed by atoms with van der Waals surface area (Å²) >= 11 is 0. The highest BCUT2D eigenvalue weighted by Crippen LogP contribution is 2.25. The molecular formula is C22H15N9. The normalized spacial score (nSPS) is 11.2. The lowest BCUT2D eigenvalue weighted by Gasteiger charge is -2.09. The van der Waals surface area contributed by atoms with Crippen LogP contribution in [-0.2, 0) is 0 Å². The van der Waals surface area contributed by atoms with E-state index in [0.29, 0.717) is 11.8 Å². The van der Waals surface area contributed by atoms with Crippen LogP contribution >= 0.6 is 0 Å². The number of tetrazole rings is 1. The third-order valence-electron chi connectivity index (χ3n) is 5.06. The zero-order valence-corrected chi connectivity index (χ0v) is 16.1. The Morgan fingerprint density at radius 2 is 1.71 bits per heavy atom. The molecule has 0 unspecified atom stereocenters. The fourth-order valence-corrected chi connectivity index (χ4v) is 3.57. The molecule has 9 nitrogen and oxygen atoms in total. The number of nitrogens with one attached hydrogen (secondary N) is 2. The zero-order valence-electron chi connectivity index (χ0n) is 16.1. The van der Waals surface area contributed by atoms with Crippen molar-refractivity contribution in [3.8, 4) is 17.1 Å². The summed E-state index contributed by atoms with van der Waals surface area (Å²) in [5, 5.41) is 24.8. The summed E-state index contributed by atoms with van der Waals surface area (Å²) < 4.78 is 1.85. The van der Waals surface area contributed by atoms with Gasteiger partial charge in [0.25, 0.3) is 0 Å². The van der Waals surface area contributed by atoms with Crippen LogP contribution in [0.1, 0.15) is 0 Å². The summed E-state index contributed by atoms with van der Waals surface area (Å²) in [7, 11) is 0. The van der Waals surface area contributed by atoms with Crippen molar-refractivity contribution in [1.29, 1.82) is 0 Å². The van der Waals surface area contributed by atoms with Crippen molar-refractivity contribution >= 4 is 33.4 Å². The average molecular weight is 405 g/mol. The van der Waals surface area contributed by atoms with Crippen molar-refractivity contribution in [2.24, 2.45) is 0 Å². The lowest BCUT2D eigenvalue weighted by atomic mass is 10.1. The minimum absolute atomic E-state index is 0.489. The molecule has 148 valence electrons. The van der Waals surface area contributed by atoms with E-state index in [1.54, 1.807) is 12.4 Å². The molecule has 0 fully saturated rings.